The molecule has 0 saturated heterocycles. The Kier molecular flexibility index (Phi) is 4.87. The first-order valence-corrected chi connectivity index (χ1v) is 5.82. The number of nitrogens with one attached hydrogen (secondary N) is 1. The average molecular weight is 263 g/mol. The second kappa shape index (κ2) is 5.73. The summed E-state index contributed by atoms with van der Waals surface area (Å²) in [4.78, 5) is 0. The van der Waals surface area contributed by atoms with Crippen molar-refractivity contribution in [2.75, 3.05) is 12.3 Å². The lowest BCUT2D eigenvalue weighted by atomic mass is 10.1. The Morgan fingerprint density at radius 1 is 1.31 bits per heavy atom. The fourth-order valence-corrected chi connectivity index (χ4v) is 1.93. The number of hydrogen-bond acceptors (Lipinski definition) is 3. The number of nitrogens with two attached hydrogens (primary N) is 1. The number of benzene rings is 1. The molecule has 0 amide bonds. The quantitative estimate of drug-likeness (QED) is 0.732. The molecular formula is C11H16Cl2N2O. The molecule has 0 aromatic heterocycles. The Hall–Kier alpha value is -0.480. The summed E-state index contributed by atoms with van der Waals surface area (Å²) in [7, 11) is 0. The minimum absolute atomic E-state index is 0.0186. The summed E-state index contributed by atoms with van der Waals surface area (Å²) in [6, 6.07) is 3.64. The van der Waals surface area contributed by atoms with Gasteiger partial charge >= 0.3 is 0 Å². The maximum Gasteiger partial charge on any atom is 0.0693 e. The molecular weight excluding hydrogens is 247 g/mol. The summed E-state index contributed by atoms with van der Waals surface area (Å²) in [5, 5.41) is 13.1. The van der Waals surface area contributed by atoms with Crippen LogP contribution in [0.15, 0.2) is 12.1 Å². The van der Waals surface area contributed by atoms with Crippen LogP contribution >= 0.6 is 23.2 Å². The molecule has 1 unspecified atom stereocenters. The molecule has 1 aromatic rings. The van der Waals surface area contributed by atoms with Crippen LogP contribution in [0.1, 0.15) is 25.5 Å². The summed E-state index contributed by atoms with van der Waals surface area (Å²) < 4.78 is 0. The van der Waals surface area contributed by atoms with Gasteiger partial charge in [0, 0.05) is 12.1 Å². The zero-order chi connectivity index (χ0) is 12.3. The number of rotatable bonds is 4. The summed E-state index contributed by atoms with van der Waals surface area (Å²) in [6.45, 7) is 3.96. The number of aliphatic hydroxyl groups is 1. The third-order valence-electron chi connectivity index (χ3n) is 2.41. The maximum atomic E-state index is 8.95. The van der Waals surface area contributed by atoms with E-state index >= 15 is 0 Å². The van der Waals surface area contributed by atoms with E-state index in [4.69, 9.17) is 34.0 Å². The minimum Gasteiger partial charge on any atom is -0.396 e. The second-order valence-electron chi connectivity index (χ2n) is 3.87. The Labute approximate surface area is 106 Å². The van der Waals surface area contributed by atoms with Gasteiger partial charge in [-0.25, -0.2) is 0 Å². The molecule has 2 atom stereocenters. The molecule has 5 heteroatoms. The Morgan fingerprint density at radius 3 is 2.25 bits per heavy atom. The monoisotopic (exact) mass is 262 g/mol. The summed E-state index contributed by atoms with van der Waals surface area (Å²) in [6.07, 6.45) is 0. The average Bonchev–Trinajstić information content (AvgIpc) is 2.24. The fraction of sp³-hybridized carbons (Fsp3) is 0.455. The van der Waals surface area contributed by atoms with E-state index in [2.05, 4.69) is 5.32 Å². The zero-order valence-electron chi connectivity index (χ0n) is 9.30. The third kappa shape index (κ3) is 3.25. The van der Waals surface area contributed by atoms with Crippen molar-refractivity contribution in [3.8, 4) is 0 Å². The molecule has 0 heterocycles. The van der Waals surface area contributed by atoms with E-state index in [0.717, 1.165) is 5.56 Å². The molecule has 0 aliphatic rings. The van der Waals surface area contributed by atoms with Crippen LogP contribution < -0.4 is 11.1 Å². The Morgan fingerprint density at radius 2 is 1.81 bits per heavy atom. The van der Waals surface area contributed by atoms with Crippen LogP contribution in [0.25, 0.3) is 0 Å². The van der Waals surface area contributed by atoms with Gasteiger partial charge in [0.2, 0.25) is 0 Å². The van der Waals surface area contributed by atoms with Crippen LogP contribution in [-0.2, 0) is 0 Å². The van der Waals surface area contributed by atoms with Crippen molar-refractivity contribution in [3.63, 3.8) is 0 Å². The molecule has 0 radical (unpaired) electrons. The van der Waals surface area contributed by atoms with Gasteiger partial charge in [-0.2, -0.15) is 0 Å². The molecule has 0 bridgehead atoms. The Bertz CT molecular complexity index is 348. The first-order valence-electron chi connectivity index (χ1n) is 5.07. The van der Waals surface area contributed by atoms with Gasteiger partial charge in [-0.3, -0.25) is 0 Å². The van der Waals surface area contributed by atoms with Crippen molar-refractivity contribution >= 4 is 28.9 Å². The molecule has 0 aliphatic carbocycles. The molecule has 90 valence electrons. The lowest BCUT2D eigenvalue weighted by Gasteiger charge is -2.19. The largest absolute Gasteiger partial charge is 0.396 e. The van der Waals surface area contributed by atoms with Gasteiger partial charge in [0.1, 0.15) is 0 Å². The van der Waals surface area contributed by atoms with E-state index in [1.54, 1.807) is 12.1 Å². The van der Waals surface area contributed by atoms with Gasteiger partial charge in [-0.05, 0) is 31.5 Å². The predicted molar refractivity (Wildman–Crippen MR) is 69.0 cm³/mol. The van der Waals surface area contributed by atoms with E-state index in [1.807, 2.05) is 13.8 Å². The lowest BCUT2D eigenvalue weighted by Crippen LogP contribution is -2.31. The highest BCUT2D eigenvalue weighted by molar-refractivity contribution is 6.38. The summed E-state index contributed by atoms with van der Waals surface area (Å²) in [5.41, 5.74) is 7.00. The third-order valence-corrected chi connectivity index (χ3v) is 3.04. The van der Waals surface area contributed by atoms with Gasteiger partial charge in [0.15, 0.2) is 0 Å². The van der Waals surface area contributed by atoms with E-state index in [-0.39, 0.29) is 18.7 Å². The van der Waals surface area contributed by atoms with Gasteiger partial charge in [-0.15, -0.1) is 0 Å². The van der Waals surface area contributed by atoms with Gasteiger partial charge < -0.3 is 16.2 Å². The van der Waals surface area contributed by atoms with Crippen LogP contribution in [-0.4, -0.2) is 17.8 Å². The smallest absolute Gasteiger partial charge is 0.0693 e. The zero-order valence-corrected chi connectivity index (χ0v) is 10.8. The summed E-state index contributed by atoms with van der Waals surface area (Å²) >= 11 is 11.9. The maximum absolute atomic E-state index is 8.95. The minimum atomic E-state index is 0.0186. The van der Waals surface area contributed by atoms with E-state index in [1.165, 1.54) is 0 Å². The van der Waals surface area contributed by atoms with Crippen molar-refractivity contribution in [1.82, 2.24) is 5.32 Å². The van der Waals surface area contributed by atoms with Crippen LogP contribution in [0, 0.1) is 0 Å². The number of nitrogen functional groups attached to an aromatic ring is 1. The van der Waals surface area contributed by atoms with Crippen molar-refractivity contribution in [2.45, 2.75) is 25.9 Å². The Balaban J connectivity index is 2.88. The number of anilines is 1. The van der Waals surface area contributed by atoms with Gasteiger partial charge in [0.05, 0.1) is 22.3 Å². The molecule has 0 aliphatic heterocycles. The van der Waals surface area contributed by atoms with E-state index < -0.39 is 0 Å². The standard InChI is InChI=1S/C11H16Cl2N2O/c1-6(5-16)15-7(2)8-3-9(12)11(14)10(13)4-8/h3-4,6-7,15-16H,5,14H2,1-2H3/t6-,7?/m0/s1. The second-order valence-corrected chi connectivity index (χ2v) is 4.68. The van der Waals surface area contributed by atoms with Crippen molar-refractivity contribution in [3.05, 3.63) is 27.7 Å². The molecule has 4 N–H and O–H groups in total. The number of aliphatic hydroxyl groups excluding tert-OH is 1. The predicted octanol–water partition coefficient (Wildman–Crippen LogP) is 2.61. The van der Waals surface area contributed by atoms with Crippen molar-refractivity contribution < 1.29 is 5.11 Å². The van der Waals surface area contributed by atoms with Gasteiger partial charge in [-0.1, -0.05) is 23.2 Å². The van der Waals surface area contributed by atoms with Crippen LogP contribution in [0.5, 0.6) is 0 Å². The molecule has 0 saturated carbocycles. The number of halogens is 2. The molecule has 0 fully saturated rings. The van der Waals surface area contributed by atoms with Gasteiger partial charge in [0.25, 0.3) is 0 Å². The molecule has 1 aromatic carbocycles. The number of hydrogen-bond donors (Lipinski definition) is 3. The van der Waals surface area contributed by atoms with E-state index in [0.29, 0.717) is 15.7 Å². The first kappa shape index (κ1) is 13.6. The first-order chi connectivity index (χ1) is 7.45. The fourth-order valence-electron chi connectivity index (χ4n) is 1.43. The molecule has 3 nitrogen and oxygen atoms in total. The van der Waals surface area contributed by atoms with Crippen LogP contribution in [0.4, 0.5) is 5.69 Å². The topological polar surface area (TPSA) is 58.3 Å². The SMILES string of the molecule is CC(N[C@@H](C)CO)c1cc(Cl)c(N)c(Cl)c1. The van der Waals surface area contributed by atoms with Crippen molar-refractivity contribution in [2.24, 2.45) is 0 Å². The normalized spacial score (nSPS) is 14.8. The van der Waals surface area contributed by atoms with Crippen molar-refractivity contribution in [1.29, 1.82) is 0 Å². The molecule has 16 heavy (non-hydrogen) atoms. The molecule has 1 rings (SSSR count). The highest BCUT2D eigenvalue weighted by Gasteiger charge is 2.12. The van der Waals surface area contributed by atoms with E-state index in [9.17, 15) is 0 Å². The highest BCUT2D eigenvalue weighted by Crippen LogP contribution is 2.31. The van der Waals surface area contributed by atoms with Crippen LogP contribution in [0.3, 0.4) is 0 Å². The highest BCUT2D eigenvalue weighted by atomic mass is 35.5. The summed E-state index contributed by atoms with van der Waals surface area (Å²) in [5.74, 6) is 0. The lowest BCUT2D eigenvalue weighted by molar-refractivity contribution is 0.243. The van der Waals surface area contributed by atoms with Crippen LogP contribution in [0.2, 0.25) is 10.0 Å². The molecule has 0 spiro atoms.